The fourth-order valence-electron chi connectivity index (χ4n) is 7.69. The summed E-state index contributed by atoms with van der Waals surface area (Å²) in [5, 5.41) is 3.56. The van der Waals surface area contributed by atoms with Crippen LogP contribution in [-0.4, -0.2) is 43.1 Å². The molecule has 3 aromatic rings. The first-order chi connectivity index (χ1) is 21.7. The van der Waals surface area contributed by atoms with Crippen molar-refractivity contribution in [3.05, 3.63) is 94.6 Å². The molecule has 1 saturated carbocycles. The Morgan fingerprint density at radius 3 is 2.29 bits per heavy atom. The zero-order chi connectivity index (χ0) is 31.4. The lowest BCUT2D eigenvalue weighted by molar-refractivity contribution is -0.0246. The first kappa shape index (κ1) is 31.9. The summed E-state index contributed by atoms with van der Waals surface area (Å²) in [7, 11) is 0. The molecule has 45 heavy (non-hydrogen) atoms. The van der Waals surface area contributed by atoms with E-state index in [1.807, 2.05) is 36.4 Å². The minimum absolute atomic E-state index is 0.108. The number of piperidine rings is 1. The number of benzene rings is 3. The van der Waals surface area contributed by atoms with Crippen LogP contribution < -0.4 is 14.8 Å². The van der Waals surface area contributed by atoms with Gasteiger partial charge in [-0.05, 0) is 98.6 Å². The van der Waals surface area contributed by atoms with Crippen LogP contribution in [0.25, 0.3) is 0 Å². The maximum Gasteiger partial charge on any atom is 0.257 e. The Morgan fingerprint density at radius 1 is 0.911 bits per heavy atom. The van der Waals surface area contributed by atoms with Crippen LogP contribution in [-0.2, 0) is 13.0 Å². The maximum atomic E-state index is 16.0. The lowest BCUT2D eigenvalue weighted by atomic mass is 9.71. The molecule has 2 aliphatic heterocycles. The molecule has 6 rings (SSSR count). The van der Waals surface area contributed by atoms with Gasteiger partial charge < -0.3 is 14.8 Å². The predicted octanol–water partition coefficient (Wildman–Crippen LogP) is 8.62. The van der Waals surface area contributed by atoms with E-state index >= 15 is 8.78 Å². The summed E-state index contributed by atoms with van der Waals surface area (Å²) in [4.78, 5) is 1.49. The molecule has 0 amide bonds. The monoisotopic (exact) mass is 624 g/mol. The van der Waals surface area contributed by atoms with E-state index in [4.69, 9.17) is 9.47 Å². The van der Waals surface area contributed by atoms with Gasteiger partial charge in [0.05, 0.1) is 18.7 Å². The first-order valence-corrected chi connectivity index (χ1v) is 16.5. The standard InChI is InChI=1S/C37H44F4N2O2/c1-36(40,41)25-43-19-14-27-20-29(44-23-26-8-3-2-4-9-26)12-13-31(27)35(43)34-32(38)21-30(22-33(34)39)45-28-10-5-15-37(16-6-11-28)17-7-18-42-24-37/h2-4,8-9,12-13,20-22,28,35,42H,5-7,10-11,14-19,23-25H2,1H3. The van der Waals surface area contributed by atoms with Gasteiger partial charge in [0.2, 0.25) is 0 Å². The van der Waals surface area contributed by atoms with Crippen LogP contribution in [0.4, 0.5) is 17.6 Å². The molecule has 242 valence electrons. The first-order valence-electron chi connectivity index (χ1n) is 16.5. The van der Waals surface area contributed by atoms with E-state index in [9.17, 15) is 8.78 Å². The highest BCUT2D eigenvalue weighted by molar-refractivity contribution is 5.46. The number of rotatable bonds is 8. The fourth-order valence-corrected chi connectivity index (χ4v) is 7.69. The van der Waals surface area contributed by atoms with Crippen molar-refractivity contribution in [1.82, 2.24) is 10.2 Å². The zero-order valence-corrected chi connectivity index (χ0v) is 26.1. The van der Waals surface area contributed by atoms with E-state index in [0.717, 1.165) is 69.7 Å². The Balaban J connectivity index is 1.21. The average molecular weight is 625 g/mol. The third-order valence-electron chi connectivity index (χ3n) is 9.83. The van der Waals surface area contributed by atoms with Crippen LogP contribution in [0.15, 0.2) is 60.7 Å². The lowest BCUT2D eigenvalue weighted by Gasteiger charge is -2.40. The fraction of sp³-hybridized carbons (Fsp3) is 0.514. The van der Waals surface area contributed by atoms with Crippen molar-refractivity contribution in [1.29, 1.82) is 0 Å². The van der Waals surface area contributed by atoms with Gasteiger partial charge in [-0.15, -0.1) is 0 Å². The van der Waals surface area contributed by atoms with Crippen molar-refractivity contribution in [2.24, 2.45) is 5.41 Å². The van der Waals surface area contributed by atoms with E-state index in [1.54, 1.807) is 12.1 Å². The van der Waals surface area contributed by atoms with Gasteiger partial charge in [-0.1, -0.05) is 36.4 Å². The topological polar surface area (TPSA) is 33.7 Å². The molecule has 3 aromatic carbocycles. The molecule has 0 radical (unpaired) electrons. The average Bonchev–Trinajstić information content (AvgIpc) is 3.00. The van der Waals surface area contributed by atoms with Crippen LogP contribution in [0.3, 0.4) is 0 Å². The van der Waals surface area contributed by atoms with Crippen LogP contribution in [0.2, 0.25) is 0 Å². The Morgan fingerprint density at radius 2 is 1.62 bits per heavy atom. The van der Waals surface area contributed by atoms with Gasteiger partial charge in [0.1, 0.15) is 29.7 Å². The normalized spacial score (nSPS) is 24.5. The number of nitrogens with one attached hydrogen (secondary N) is 1. The van der Waals surface area contributed by atoms with E-state index in [2.05, 4.69) is 5.32 Å². The molecular formula is C37H44F4N2O2. The molecule has 1 N–H and O–H groups in total. The lowest BCUT2D eigenvalue weighted by Crippen LogP contribution is -2.43. The third-order valence-corrected chi connectivity index (χ3v) is 9.83. The highest BCUT2D eigenvalue weighted by atomic mass is 19.3. The number of hydrogen-bond donors (Lipinski definition) is 1. The predicted molar refractivity (Wildman–Crippen MR) is 168 cm³/mol. The smallest absolute Gasteiger partial charge is 0.257 e. The van der Waals surface area contributed by atoms with Crippen molar-refractivity contribution in [2.75, 3.05) is 26.2 Å². The summed E-state index contributed by atoms with van der Waals surface area (Å²) in [5.41, 5.74) is 2.60. The molecule has 1 unspecified atom stereocenters. The number of fused-ring (bicyclic) bond motifs is 1. The third kappa shape index (κ3) is 7.83. The molecule has 8 heteroatoms. The van der Waals surface area contributed by atoms with Crippen molar-refractivity contribution < 1.29 is 27.0 Å². The largest absolute Gasteiger partial charge is 0.490 e. The van der Waals surface area contributed by atoms with Crippen LogP contribution in [0.1, 0.15) is 86.6 Å². The second-order valence-electron chi connectivity index (χ2n) is 13.4. The van der Waals surface area contributed by atoms with E-state index in [0.29, 0.717) is 29.8 Å². The number of nitrogens with zero attached hydrogens (tertiary/aromatic N) is 1. The van der Waals surface area contributed by atoms with E-state index in [1.165, 1.54) is 29.9 Å². The summed E-state index contributed by atoms with van der Waals surface area (Å²) in [6.07, 6.45) is 8.84. The molecular weight excluding hydrogens is 580 g/mol. The van der Waals surface area contributed by atoms with Gasteiger partial charge in [0.15, 0.2) is 0 Å². The number of alkyl halides is 2. The second kappa shape index (κ2) is 13.7. The zero-order valence-electron chi connectivity index (χ0n) is 26.1. The van der Waals surface area contributed by atoms with Crippen molar-refractivity contribution in [2.45, 2.75) is 89.4 Å². The molecule has 3 aliphatic rings. The Labute approximate surface area is 264 Å². The second-order valence-corrected chi connectivity index (χ2v) is 13.4. The van der Waals surface area contributed by atoms with E-state index in [-0.39, 0.29) is 24.0 Å². The summed E-state index contributed by atoms with van der Waals surface area (Å²) in [5.74, 6) is -3.82. The maximum absolute atomic E-state index is 16.0. The van der Waals surface area contributed by atoms with Crippen LogP contribution in [0.5, 0.6) is 11.5 Å². The van der Waals surface area contributed by atoms with Gasteiger partial charge in [0.25, 0.3) is 5.92 Å². The molecule has 0 bridgehead atoms. The summed E-state index contributed by atoms with van der Waals surface area (Å²) < 4.78 is 72.7. The van der Waals surface area contributed by atoms with Gasteiger partial charge in [0, 0.05) is 37.7 Å². The highest BCUT2D eigenvalue weighted by Gasteiger charge is 2.38. The summed E-state index contributed by atoms with van der Waals surface area (Å²) in [6.45, 7) is 3.00. The summed E-state index contributed by atoms with van der Waals surface area (Å²) in [6, 6.07) is 16.6. The molecule has 1 aliphatic carbocycles. The quantitative estimate of drug-likeness (QED) is 0.255. The molecule has 2 fully saturated rings. The van der Waals surface area contributed by atoms with Gasteiger partial charge in [-0.25, -0.2) is 17.6 Å². The van der Waals surface area contributed by atoms with E-state index < -0.39 is 30.1 Å². The van der Waals surface area contributed by atoms with Crippen molar-refractivity contribution in [3.8, 4) is 11.5 Å². The molecule has 0 aromatic heterocycles. The minimum atomic E-state index is -3.03. The number of ether oxygens (including phenoxy) is 2. The van der Waals surface area contributed by atoms with Crippen LogP contribution in [0, 0.1) is 17.0 Å². The Hall–Kier alpha value is -3.10. The Bertz CT molecular complexity index is 1400. The highest BCUT2D eigenvalue weighted by Crippen LogP contribution is 2.42. The summed E-state index contributed by atoms with van der Waals surface area (Å²) >= 11 is 0. The molecule has 1 saturated heterocycles. The number of hydrogen-bond acceptors (Lipinski definition) is 4. The van der Waals surface area contributed by atoms with Gasteiger partial charge in [-0.3, -0.25) is 4.90 Å². The minimum Gasteiger partial charge on any atom is -0.490 e. The Kier molecular flexibility index (Phi) is 9.71. The SMILES string of the molecule is CC(F)(F)CN1CCc2cc(OCc3ccccc3)ccc2C1c1c(F)cc(OC2CCCC3(CCCNC3)CCC2)cc1F. The van der Waals surface area contributed by atoms with Crippen molar-refractivity contribution >= 4 is 0 Å². The van der Waals surface area contributed by atoms with Crippen LogP contribution >= 0.6 is 0 Å². The molecule has 2 heterocycles. The van der Waals surface area contributed by atoms with Crippen molar-refractivity contribution in [3.63, 3.8) is 0 Å². The van der Waals surface area contributed by atoms with Gasteiger partial charge in [-0.2, -0.15) is 0 Å². The number of halogens is 4. The molecule has 1 spiro atoms. The molecule has 4 nitrogen and oxygen atoms in total. The molecule has 1 atom stereocenters. The van der Waals surface area contributed by atoms with Gasteiger partial charge >= 0.3 is 0 Å².